The van der Waals surface area contributed by atoms with Gasteiger partial charge in [-0.15, -0.1) is 0 Å². The van der Waals surface area contributed by atoms with Crippen molar-refractivity contribution in [3.8, 4) is 0 Å². The monoisotopic (exact) mass is 248 g/mol. The van der Waals surface area contributed by atoms with Gasteiger partial charge in [-0.3, -0.25) is 0 Å². The molecule has 0 fully saturated rings. The first-order valence-corrected chi connectivity index (χ1v) is 6.58. The van der Waals surface area contributed by atoms with Crippen molar-refractivity contribution >= 4 is 0 Å². The van der Waals surface area contributed by atoms with Gasteiger partial charge in [-0.1, -0.05) is 13.8 Å². The average molecular weight is 248 g/mol. The van der Waals surface area contributed by atoms with Gasteiger partial charge in [0.25, 0.3) is 0 Å². The Labute approximate surface area is 110 Å². The standard InChI is InChI=1S/C16H24O2/c1-12-9-15(5,7-8-17-12)16(6)10-13(2)18-14(3,4)11-16/h7-10H,11H2,1-6H3. The Morgan fingerprint density at radius 2 is 1.67 bits per heavy atom. The van der Waals surface area contributed by atoms with Crippen LogP contribution in [0, 0.1) is 10.8 Å². The Morgan fingerprint density at radius 1 is 1.00 bits per heavy atom. The maximum Gasteiger partial charge on any atom is 0.104 e. The van der Waals surface area contributed by atoms with Crippen LogP contribution >= 0.6 is 0 Å². The summed E-state index contributed by atoms with van der Waals surface area (Å²) in [5, 5.41) is 0. The second-order valence-electron chi connectivity index (χ2n) is 6.67. The van der Waals surface area contributed by atoms with Crippen molar-refractivity contribution in [2.75, 3.05) is 0 Å². The maximum absolute atomic E-state index is 5.92. The van der Waals surface area contributed by atoms with Crippen LogP contribution in [0.3, 0.4) is 0 Å². The molecule has 0 N–H and O–H groups in total. The van der Waals surface area contributed by atoms with E-state index in [0.717, 1.165) is 17.9 Å². The summed E-state index contributed by atoms with van der Waals surface area (Å²) in [7, 11) is 0. The summed E-state index contributed by atoms with van der Waals surface area (Å²) in [5.41, 5.74) is -0.109. The van der Waals surface area contributed by atoms with Crippen molar-refractivity contribution < 1.29 is 9.47 Å². The van der Waals surface area contributed by atoms with Crippen LogP contribution < -0.4 is 0 Å². The Hall–Kier alpha value is -1.18. The Bertz CT molecular complexity index is 442. The molecule has 100 valence electrons. The van der Waals surface area contributed by atoms with Crippen LogP contribution in [0.4, 0.5) is 0 Å². The molecule has 0 bridgehead atoms. The lowest BCUT2D eigenvalue weighted by molar-refractivity contribution is -0.0367. The predicted octanol–water partition coefficient (Wildman–Crippen LogP) is 4.55. The summed E-state index contributed by atoms with van der Waals surface area (Å²) in [6.45, 7) is 12.9. The summed E-state index contributed by atoms with van der Waals surface area (Å²) in [6.07, 6.45) is 9.44. The van der Waals surface area contributed by atoms with Crippen molar-refractivity contribution in [1.29, 1.82) is 0 Å². The highest BCUT2D eigenvalue weighted by atomic mass is 16.5. The largest absolute Gasteiger partial charge is 0.493 e. The molecule has 0 aromatic heterocycles. The van der Waals surface area contributed by atoms with E-state index in [4.69, 9.17) is 9.47 Å². The topological polar surface area (TPSA) is 18.5 Å². The van der Waals surface area contributed by atoms with Crippen molar-refractivity contribution in [3.63, 3.8) is 0 Å². The molecular weight excluding hydrogens is 224 g/mol. The van der Waals surface area contributed by atoms with Crippen LogP contribution in [0.5, 0.6) is 0 Å². The minimum atomic E-state index is -0.121. The highest BCUT2D eigenvalue weighted by molar-refractivity contribution is 5.27. The van der Waals surface area contributed by atoms with E-state index in [2.05, 4.69) is 45.9 Å². The van der Waals surface area contributed by atoms with E-state index < -0.39 is 0 Å². The molecule has 2 heteroatoms. The lowest BCUT2D eigenvalue weighted by atomic mass is 9.59. The van der Waals surface area contributed by atoms with Crippen molar-refractivity contribution in [2.24, 2.45) is 10.8 Å². The van der Waals surface area contributed by atoms with E-state index in [1.807, 2.05) is 20.1 Å². The predicted molar refractivity (Wildman–Crippen MR) is 73.7 cm³/mol. The molecule has 0 radical (unpaired) electrons. The fourth-order valence-corrected chi connectivity index (χ4v) is 3.37. The molecule has 2 heterocycles. The van der Waals surface area contributed by atoms with Gasteiger partial charge in [-0.25, -0.2) is 0 Å². The summed E-state index contributed by atoms with van der Waals surface area (Å²) in [6, 6.07) is 0. The molecule has 0 spiro atoms. The molecule has 0 aromatic carbocycles. The minimum absolute atomic E-state index is 0.0301. The molecule has 2 aliphatic rings. The third kappa shape index (κ3) is 2.21. The van der Waals surface area contributed by atoms with Gasteiger partial charge < -0.3 is 9.47 Å². The van der Waals surface area contributed by atoms with E-state index >= 15 is 0 Å². The lowest BCUT2D eigenvalue weighted by Crippen LogP contribution is -2.44. The van der Waals surface area contributed by atoms with Crippen molar-refractivity contribution in [2.45, 2.75) is 53.6 Å². The highest BCUT2D eigenvalue weighted by Crippen LogP contribution is 2.53. The maximum atomic E-state index is 5.92. The minimum Gasteiger partial charge on any atom is -0.493 e. The zero-order valence-corrected chi connectivity index (χ0v) is 12.3. The normalized spacial score (nSPS) is 38.3. The molecule has 0 aromatic rings. The second-order valence-corrected chi connectivity index (χ2v) is 6.67. The molecule has 2 atom stereocenters. The summed E-state index contributed by atoms with van der Waals surface area (Å²) in [5.74, 6) is 1.98. The van der Waals surface area contributed by atoms with Crippen LogP contribution in [0.2, 0.25) is 0 Å². The van der Waals surface area contributed by atoms with Gasteiger partial charge in [0.05, 0.1) is 17.8 Å². The molecule has 2 unspecified atom stereocenters. The van der Waals surface area contributed by atoms with Gasteiger partial charge >= 0.3 is 0 Å². The number of ether oxygens (including phenoxy) is 2. The van der Waals surface area contributed by atoms with E-state index in [-0.39, 0.29) is 16.4 Å². The first-order valence-electron chi connectivity index (χ1n) is 6.58. The van der Waals surface area contributed by atoms with E-state index in [9.17, 15) is 0 Å². The molecule has 0 saturated carbocycles. The van der Waals surface area contributed by atoms with Crippen LogP contribution in [0.25, 0.3) is 0 Å². The van der Waals surface area contributed by atoms with Gasteiger partial charge in [0.2, 0.25) is 0 Å². The van der Waals surface area contributed by atoms with Crippen LogP contribution in [-0.2, 0) is 9.47 Å². The summed E-state index contributed by atoms with van der Waals surface area (Å²) in [4.78, 5) is 0. The van der Waals surface area contributed by atoms with Gasteiger partial charge in [0.1, 0.15) is 5.60 Å². The Kier molecular flexibility index (Phi) is 2.88. The zero-order chi connectivity index (χ0) is 13.6. The van der Waals surface area contributed by atoms with Crippen LogP contribution in [0.1, 0.15) is 48.0 Å². The molecule has 0 amide bonds. The van der Waals surface area contributed by atoms with E-state index in [0.29, 0.717) is 0 Å². The fraction of sp³-hybridized carbons (Fsp3) is 0.625. The average Bonchev–Trinajstić information content (AvgIpc) is 2.12. The molecular formula is C16H24O2. The summed E-state index contributed by atoms with van der Waals surface area (Å²) >= 11 is 0. The first kappa shape index (κ1) is 13.3. The number of rotatable bonds is 1. The van der Waals surface area contributed by atoms with E-state index in [1.165, 1.54) is 0 Å². The Morgan fingerprint density at radius 3 is 2.22 bits per heavy atom. The SMILES string of the molecule is CC1=CC(C)(C2(C)C=C(C)OC(C)(C)C2)C=CO1. The van der Waals surface area contributed by atoms with Crippen LogP contribution in [0.15, 0.2) is 36.0 Å². The number of hydrogen-bond donors (Lipinski definition) is 0. The molecule has 2 aliphatic heterocycles. The first-order chi connectivity index (χ1) is 8.16. The smallest absolute Gasteiger partial charge is 0.104 e. The number of allylic oxidation sites excluding steroid dienone is 5. The fourth-order valence-electron chi connectivity index (χ4n) is 3.37. The third-order valence-corrected chi connectivity index (χ3v) is 4.15. The van der Waals surface area contributed by atoms with Gasteiger partial charge in [0, 0.05) is 10.8 Å². The molecule has 0 aliphatic carbocycles. The van der Waals surface area contributed by atoms with Gasteiger partial charge in [0.15, 0.2) is 0 Å². The van der Waals surface area contributed by atoms with E-state index in [1.54, 1.807) is 0 Å². The van der Waals surface area contributed by atoms with Crippen molar-refractivity contribution in [3.05, 3.63) is 36.0 Å². The Balaban J connectivity index is 2.45. The molecule has 18 heavy (non-hydrogen) atoms. The number of hydrogen-bond acceptors (Lipinski definition) is 2. The molecule has 0 saturated heterocycles. The lowest BCUT2D eigenvalue weighted by Gasteiger charge is -2.49. The summed E-state index contributed by atoms with van der Waals surface area (Å²) < 4.78 is 11.3. The second kappa shape index (κ2) is 3.91. The quantitative estimate of drug-likeness (QED) is 0.677. The molecule has 2 rings (SSSR count). The zero-order valence-electron chi connectivity index (χ0n) is 12.3. The van der Waals surface area contributed by atoms with Crippen molar-refractivity contribution in [1.82, 2.24) is 0 Å². The third-order valence-electron chi connectivity index (χ3n) is 4.15. The highest BCUT2D eigenvalue weighted by Gasteiger charge is 2.47. The van der Waals surface area contributed by atoms with Gasteiger partial charge in [-0.2, -0.15) is 0 Å². The molecule has 2 nitrogen and oxygen atoms in total. The van der Waals surface area contributed by atoms with Gasteiger partial charge in [-0.05, 0) is 52.3 Å². The van der Waals surface area contributed by atoms with Crippen LogP contribution in [-0.4, -0.2) is 5.60 Å².